The highest BCUT2D eigenvalue weighted by Crippen LogP contribution is 2.17. The summed E-state index contributed by atoms with van der Waals surface area (Å²) in [7, 11) is 3.33. The molecule has 5 nitrogen and oxygen atoms in total. The highest BCUT2D eigenvalue weighted by molar-refractivity contribution is 5.69. The number of esters is 2. The lowest BCUT2D eigenvalue weighted by molar-refractivity contribution is -0.143. The predicted molar refractivity (Wildman–Crippen MR) is 169 cm³/mol. The van der Waals surface area contributed by atoms with Crippen molar-refractivity contribution in [1.82, 2.24) is 0 Å². The van der Waals surface area contributed by atoms with Gasteiger partial charge in [0.25, 0.3) is 0 Å². The molecule has 0 N–H and O–H groups in total. The monoisotopic (exact) mass is 564 g/mol. The molecule has 0 aliphatic rings. The molecule has 0 aliphatic heterocycles. The van der Waals surface area contributed by atoms with Crippen molar-refractivity contribution in [2.45, 2.75) is 167 Å². The van der Waals surface area contributed by atoms with Crippen molar-refractivity contribution in [3.63, 3.8) is 0 Å². The second-order valence-corrected chi connectivity index (χ2v) is 11.1. The molecular formula is C35H64O5. The molecule has 40 heavy (non-hydrogen) atoms. The highest BCUT2D eigenvalue weighted by atomic mass is 16.5. The summed E-state index contributed by atoms with van der Waals surface area (Å²) in [5.74, 6) is -0.164. The van der Waals surface area contributed by atoms with Gasteiger partial charge < -0.3 is 14.2 Å². The number of unbranched alkanes of at least 4 members (excludes halogenated alkanes) is 16. The minimum Gasteiger partial charge on any atom is -0.469 e. The molecule has 0 saturated carbocycles. The van der Waals surface area contributed by atoms with E-state index in [0.29, 0.717) is 25.6 Å². The first-order valence-electron chi connectivity index (χ1n) is 16.7. The third kappa shape index (κ3) is 29.4. The van der Waals surface area contributed by atoms with E-state index in [0.717, 1.165) is 38.5 Å². The van der Waals surface area contributed by atoms with Crippen molar-refractivity contribution < 1.29 is 23.8 Å². The van der Waals surface area contributed by atoms with Gasteiger partial charge in [-0.2, -0.15) is 0 Å². The molecule has 0 aromatic heterocycles. The van der Waals surface area contributed by atoms with Crippen LogP contribution in [0.25, 0.3) is 0 Å². The van der Waals surface area contributed by atoms with Crippen LogP contribution in [0.4, 0.5) is 0 Å². The Hall–Kier alpha value is -1.62. The third-order valence-corrected chi connectivity index (χ3v) is 7.50. The largest absolute Gasteiger partial charge is 0.469 e. The molecule has 0 amide bonds. The van der Waals surface area contributed by atoms with Crippen LogP contribution in [0.5, 0.6) is 0 Å². The Kier molecular flexibility index (Phi) is 30.6. The molecule has 234 valence electrons. The number of ether oxygens (including phenoxy) is 3. The fourth-order valence-corrected chi connectivity index (χ4v) is 4.93. The number of hydrogen-bond acceptors (Lipinski definition) is 5. The van der Waals surface area contributed by atoms with Crippen LogP contribution in [-0.4, -0.2) is 38.9 Å². The molecule has 0 fully saturated rings. The Morgan fingerprint density at radius 2 is 0.900 bits per heavy atom. The molecule has 0 bridgehead atoms. The van der Waals surface area contributed by atoms with E-state index in [4.69, 9.17) is 9.47 Å². The first kappa shape index (κ1) is 38.4. The number of carbonyl (C=O) groups excluding carboxylic acids is 2. The van der Waals surface area contributed by atoms with Gasteiger partial charge in [-0.1, -0.05) is 88.5 Å². The summed E-state index contributed by atoms with van der Waals surface area (Å²) in [6.45, 7) is 2.34. The van der Waals surface area contributed by atoms with Gasteiger partial charge >= 0.3 is 11.9 Å². The number of rotatable bonds is 30. The lowest BCUT2D eigenvalue weighted by Crippen LogP contribution is -2.10. The summed E-state index contributed by atoms with van der Waals surface area (Å²) >= 11 is 0. The molecule has 0 aromatic rings. The smallest absolute Gasteiger partial charge is 0.305 e. The number of hydrogen-bond donors (Lipinski definition) is 0. The maximum absolute atomic E-state index is 11.3. The van der Waals surface area contributed by atoms with Gasteiger partial charge in [0.2, 0.25) is 0 Å². The summed E-state index contributed by atoms with van der Waals surface area (Å²) in [4.78, 5) is 22.3. The summed E-state index contributed by atoms with van der Waals surface area (Å²) < 4.78 is 15.3. The van der Waals surface area contributed by atoms with Gasteiger partial charge in [-0.25, -0.2) is 0 Å². The van der Waals surface area contributed by atoms with Crippen LogP contribution < -0.4 is 0 Å². The van der Waals surface area contributed by atoms with Gasteiger partial charge in [0.05, 0.1) is 19.8 Å². The van der Waals surface area contributed by atoms with E-state index in [9.17, 15) is 9.59 Å². The lowest BCUT2D eigenvalue weighted by atomic mass is 10.0. The van der Waals surface area contributed by atoms with Crippen molar-refractivity contribution in [3.8, 4) is 0 Å². The van der Waals surface area contributed by atoms with Crippen LogP contribution in [0, 0.1) is 0 Å². The molecule has 0 rings (SSSR count). The molecule has 0 aromatic carbocycles. The summed E-state index contributed by atoms with van der Waals surface area (Å²) in [5.41, 5.74) is 0. The van der Waals surface area contributed by atoms with Crippen LogP contribution in [0.3, 0.4) is 0 Å². The molecule has 1 unspecified atom stereocenters. The van der Waals surface area contributed by atoms with E-state index in [-0.39, 0.29) is 11.9 Å². The summed E-state index contributed by atoms with van der Waals surface area (Å²) in [6, 6.07) is 0. The lowest BCUT2D eigenvalue weighted by Gasteiger charge is -2.15. The molecular weight excluding hydrogens is 500 g/mol. The highest BCUT2D eigenvalue weighted by Gasteiger charge is 2.06. The predicted octanol–water partition coefficient (Wildman–Crippen LogP) is 10.2. The summed E-state index contributed by atoms with van der Waals surface area (Å²) in [5, 5.41) is 0. The van der Waals surface area contributed by atoms with Crippen molar-refractivity contribution in [3.05, 3.63) is 24.3 Å². The quantitative estimate of drug-likeness (QED) is 0.0493. The SMILES string of the molecule is CCOC(=O)CCCC/C=C\CCCCCCCCC(CCCCCCCC/C=C\CCCCC(=O)OC)OC. The average molecular weight is 565 g/mol. The van der Waals surface area contributed by atoms with Gasteiger partial charge in [0, 0.05) is 20.0 Å². The topological polar surface area (TPSA) is 61.8 Å². The Labute approximate surface area is 247 Å². The Morgan fingerprint density at radius 3 is 1.30 bits per heavy atom. The van der Waals surface area contributed by atoms with E-state index in [1.165, 1.54) is 110 Å². The van der Waals surface area contributed by atoms with E-state index < -0.39 is 0 Å². The van der Waals surface area contributed by atoms with Crippen molar-refractivity contribution in [2.75, 3.05) is 20.8 Å². The van der Waals surface area contributed by atoms with Crippen LogP contribution in [0.2, 0.25) is 0 Å². The molecule has 5 heteroatoms. The normalized spacial score (nSPS) is 12.4. The molecule has 1 atom stereocenters. The first-order valence-corrected chi connectivity index (χ1v) is 16.7. The zero-order chi connectivity index (χ0) is 29.4. The van der Waals surface area contributed by atoms with Gasteiger partial charge in [-0.05, 0) is 84.0 Å². The van der Waals surface area contributed by atoms with E-state index >= 15 is 0 Å². The fraction of sp³-hybridized carbons (Fsp3) is 0.829. The van der Waals surface area contributed by atoms with Gasteiger partial charge in [-0.3, -0.25) is 9.59 Å². The van der Waals surface area contributed by atoms with Crippen molar-refractivity contribution >= 4 is 11.9 Å². The maximum Gasteiger partial charge on any atom is 0.305 e. The van der Waals surface area contributed by atoms with Gasteiger partial charge in [0.15, 0.2) is 0 Å². The number of allylic oxidation sites excluding steroid dienone is 4. The summed E-state index contributed by atoms with van der Waals surface area (Å²) in [6.07, 6.45) is 37.5. The number of carbonyl (C=O) groups is 2. The second kappa shape index (κ2) is 31.9. The zero-order valence-corrected chi connectivity index (χ0v) is 26.6. The maximum atomic E-state index is 11.3. The minimum absolute atomic E-state index is 0.0649. The Morgan fingerprint density at radius 1 is 0.525 bits per heavy atom. The van der Waals surface area contributed by atoms with Crippen LogP contribution in [0.15, 0.2) is 24.3 Å². The van der Waals surface area contributed by atoms with Crippen LogP contribution in [-0.2, 0) is 23.8 Å². The van der Waals surface area contributed by atoms with E-state index in [1.807, 2.05) is 14.0 Å². The second-order valence-electron chi connectivity index (χ2n) is 11.1. The average Bonchev–Trinajstić information content (AvgIpc) is 2.96. The molecule has 0 spiro atoms. The molecule has 0 heterocycles. The van der Waals surface area contributed by atoms with E-state index in [1.54, 1.807) is 0 Å². The first-order chi connectivity index (χ1) is 19.6. The Bertz CT molecular complexity index is 613. The van der Waals surface area contributed by atoms with Crippen LogP contribution >= 0.6 is 0 Å². The third-order valence-electron chi connectivity index (χ3n) is 7.50. The van der Waals surface area contributed by atoms with Crippen LogP contribution in [0.1, 0.15) is 161 Å². The molecule has 0 saturated heterocycles. The standard InChI is InChI=1S/C35H64O5/c1-4-40-35(37)32-28-24-20-16-12-8-6-10-14-18-22-26-30-33(38-2)29-25-21-17-13-9-5-7-11-15-19-23-27-31-34(36)39-3/h11-12,15-16,33H,4-10,13-14,17-32H2,1-3H3/b15-11-,16-12-. The van der Waals surface area contributed by atoms with Crippen molar-refractivity contribution in [1.29, 1.82) is 0 Å². The fourth-order valence-electron chi connectivity index (χ4n) is 4.93. The minimum atomic E-state index is -0.0995. The van der Waals surface area contributed by atoms with Gasteiger partial charge in [-0.15, -0.1) is 0 Å². The van der Waals surface area contributed by atoms with E-state index in [2.05, 4.69) is 29.0 Å². The van der Waals surface area contributed by atoms with Gasteiger partial charge in [0.1, 0.15) is 0 Å². The molecule has 0 aliphatic carbocycles. The zero-order valence-electron chi connectivity index (χ0n) is 26.6. The Balaban J connectivity index is 3.40. The molecule has 0 radical (unpaired) electrons. The number of methoxy groups -OCH3 is 2. The van der Waals surface area contributed by atoms with Crippen molar-refractivity contribution in [2.24, 2.45) is 0 Å².